The number of nitrogens with zero attached hydrogens (tertiary/aromatic N) is 2. The molecule has 27 heavy (non-hydrogen) atoms. The average Bonchev–Trinajstić information content (AvgIpc) is 2.68. The highest BCUT2D eigenvalue weighted by Crippen LogP contribution is 2.32. The fourth-order valence-electron chi connectivity index (χ4n) is 2.88. The van der Waals surface area contributed by atoms with E-state index in [4.69, 9.17) is 14.5 Å². The van der Waals surface area contributed by atoms with Crippen LogP contribution in [0.1, 0.15) is 5.69 Å². The maximum Gasteiger partial charge on any atom is 0.118 e. The summed E-state index contributed by atoms with van der Waals surface area (Å²) in [5.41, 5.74) is 5.29. The van der Waals surface area contributed by atoms with Crippen molar-refractivity contribution in [1.29, 1.82) is 0 Å². The summed E-state index contributed by atoms with van der Waals surface area (Å²) in [7, 11) is 7.45. The molecule has 0 amide bonds. The lowest BCUT2D eigenvalue weighted by atomic mass is 9.98. The minimum absolute atomic E-state index is 0. The van der Waals surface area contributed by atoms with E-state index in [-0.39, 0.29) is 12.4 Å². The van der Waals surface area contributed by atoms with Crippen LogP contribution in [0.25, 0.3) is 22.4 Å². The van der Waals surface area contributed by atoms with Crippen LogP contribution in [0, 0.1) is 0 Å². The van der Waals surface area contributed by atoms with Crippen molar-refractivity contribution in [3.05, 3.63) is 66.4 Å². The minimum atomic E-state index is 0. The summed E-state index contributed by atoms with van der Waals surface area (Å²) in [6.45, 7) is 0.798. The molecule has 0 unspecified atom stereocenters. The molecule has 3 aromatic rings. The zero-order valence-electron chi connectivity index (χ0n) is 16.1. The van der Waals surface area contributed by atoms with Gasteiger partial charge in [-0.2, -0.15) is 0 Å². The Morgan fingerprint density at radius 3 is 1.74 bits per heavy atom. The number of methoxy groups -OCH3 is 2. The molecule has 0 aliphatic carbocycles. The van der Waals surface area contributed by atoms with Gasteiger partial charge in [-0.15, -0.1) is 12.4 Å². The molecule has 2 aromatic carbocycles. The van der Waals surface area contributed by atoms with Crippen molar-refractivity contribution >= 4 is 12.4 Å². The third-order valence-electron chi connectivity index (χ3n) is 4.20. The topological polar surface area (TPSA) is 34.6 Å². The number of benzene rings is 2. The van der Waals surface area contributed by atoms with Gasteiger partial charge in [-0.05, 0) is 62.1 Å². The highest BCUT2D eigenvalue weighted by atomic mass is 35.5. The molecule has 0 spiro atoms. The zero-order chi connectivity index (χ0) is 18.5. The molecule has 0 bridgehead atoms. The fourth-order valence-corrected chi connectivity index (χ4v) is 2.88. The smallest absolute Gasteiger partial charge is 0.118 e. The second-order valence-electron chi connectivity index (χ2n) is 6.39. The first-order chi connectivity index (χ1) is 12.6. The van der Waals surface area contributed by atoms with Gasteiger partial charge in [0, 0.05) is 17.7 Å². The second-order valence-corrected chi connectivity index (χ2v) is 6.39. The Bertz CT molecular complexity index is 862. The number of hydrogen-bond donors (Lipinski definition) is 0. The van der Waals surface area contributed by atoms with Gasteiger partial charge in [-0.1, -0.05) is 18.2 Å². The third kappa shape index (κ3) is 5.00. The molecular formula is C22H25ClN2O2. The Hall–Kier alpha value is -2.56. The van der Waals surface area contributed by atoms with Crippen LogP contribution in [0.5, 0.6) is 11.5 Å². The third-order valence-corrected chi connectivity index (χ3v) is 4.20. The van der Waals surface area contributed by atoms with E-state index in [1.54, 1.807) is 14.2 Å². The summed E-state index contributed by atoms with van der Waals surface area (Å²) in [5, 5.41) is 0. The summed E-state index contributed by atoms with van der Waals surface area (Å²) in [6, 6.07) is 20.3. The van der Waals surface area contributed by atoms with Gasteiger partial charge >= 0.3 is 0 Å². The highest BCUT2D eigenvalue weighted by molar-refractivity contribution is 5.85. The Kier molecular flexibility index (Phi) is 7.22. The average molecular weight is 385 g/mol. The normalized spacial score (nSPS) is 10.4. The van der Waals surface area contributed by atoms with Crippen LogP contribution < -0.4 is 9.47 Å². The highest BCUT2D eigenvalue weighted by Gasteiger charge is 2.11. The summed E-state index contributed by atoms with van der Waals surface area (Å²) < 4.78 is 10.6. The molecule has 0 atom stereocenters. The minimum Gasteiger partial charge on any atom is -0.497 e. The zero-order valence-corrected chi connectivity index (χ0v) is 16.9. The number of ether oxygens (including phenoxy) is 2. The van der Waals surface area contributed by atoms with Crippen molar-refractivity contribution in [3.63, 3.8) is 0 Å². The number of pyridine rings is 1. The Morgan fingerprint density at radius 1 is 0.741 bits per heavy atom. The van der Waals surface area contributed by atoms with E-state index in [2.05, 4.69) is 29.2 Å². The Labute approximate surface area is 167 Å². The predicted octanol–water partition coefficient (Wildman–Crippen LogP) is 4.92. The molecule has 5 heteroatoms. The van der Waals surface area contributed by atoms with Gasteiger partial charge < -0.3 is 14.4 Å². The quantitative estimate of drug-likeness (QED) is 0.604. The molecule has 0 N–H and O–H groups in total. The largest absolute Gasteiger partial charge is 0.497 e. The van der Waals surface area contributed by atoms with Crippen molar-refractivity contribution < 1.29 is 9.47 Å². The first kappa shape index (κ1) is 20.7. The molecule has 0 aliphatic rings. The maximum absolute atomic E-state index is 5.28. The van der Waals surface area contributed by atoms with E-state index in [1.807, 2.05) is 50.5 Å². The van der Waals surface area contributed by atoms with Gasteiger partial charge in [0.1, 0.15) is 11.5 Å². The number of hydrogen-bond acceptors (Lipinski definition) is 4. The van der Waals surface area contributed by atoms with E-state index in [9.17, 15) is 0 Å². The predicted molar refractivity (Wildman–Crippen MR) is 113 cm³/mol. The maximum atomic E-state index is 5.28. The van der Waals surface area contributed by atoms with Crippen LogP contribution in [0.3, 0.4) is 0 Å². The van der Waals surface area contributed by atoms with Crippen LogP contribution in [-0.4, -0.2) is 38.2 Å². The van der Waals surface area contributed by atoms with E-state index in [1.165, 1.54) is 0 Å². The van der Waals surface area contributed by atoms with E-state index in [0.717, 1.165) is 46.1 Å². The SMILES string of the molecule is COc1ccc(-c2ccc(CN(C)C)nc2-c2ccc(OC)cc2)cc1.Cl. The van der Waals surface area contributed by atoms with Crippen molar-refractivity contribution in [2.75, 3.05) is 28.3 Å². The molecule has 0 aliphatic heterocycles. The van der Waals surface area contributed by atoms with Crippen LogP contribution in [-0.2, 0) is 6.54 Å². The summed E-state index contributed by atoms with van der Waals surface area (Å²) in [4.78, 5) is 7.06. The lowest BCUT2D eigenvalue weighted by molar-refractivity contribution is 0.397. The standard InChI is InChI=1S/C22H24N2O2.ClH/c1-24(2)15-18-9-14-21(16-5-10-19(25-3)11-6-16)22(23-18)17-7-12-20(26-4)13-8-17;/h5-14H,15H2,1-4H3;1H. The number of rotatable bonds is 6. The first-order valence-corrected chi connectivity index (χ1v) is 8.54. The van der Waals surface area contributed by atoms with E-state index < -0.39 is 0 Å². The lowest BCUT2D eigenvalue weighted by Crippen LogP contribution is -2.12. The number of aromatic nitrogens is 1. The van der Waals surface area contributed by atoms with Crippen LogP contribution in [0.4, 0.5) is 0 Å². The summed E-state index contributed by atoms with van der Waals surface area (Å²) in [5.74, 6) is 1.68. The van der Waals surface area contributed by atoms with Crippen molar-refractivity contribution in [1.82, 2.24) is 9.88 Å². The molecule has 1 heterocycles. The molecule has 0 saturated heterocycles. The van der Waals surface area contributed by atoms with Crippen LogP contribution in [0.2, 0.25) is 0 Å². The van der Waals surface area contributed by atoms with Gasteiger partial charge in [-0.25, -0.2) is 0 Å². The Balaban J connectivity index is 0.00000261. The van der Waals surface area contributed by atoms with Gasteiger partial charge in [0.15, 0.2) is 0 Å². The molecule has 3 rings (SSSR count). The van der Waals surface area contributed by atoms with Crippen molar-refractivity contribution in [2.24, 2.45) is 0 Å². The van der Waals surface area contributed by atoms with E-state index >= 15 is 0 Å². The van der Waals surface area contributed by atoms with Gasteiger partial charge in [-0.3, -0.25) is 4.98 Å². The molecule has 0 saturated carbocycles. The van der Waals surface area contributed by atoms with Gasteiger partial charge in [0.25, 0.3) is 0 Å². The molecule has 0 fully saturated rings. The molecule has 4 nitrogen and oxygen atoms in total. The van der Waals surface area contributed by atoms with Crippen LogP contribution >= 0.6 is 12.4 Å². The molecule has 0 radical (unpaired) electrons. The van der Waals surface area contributed by atoms with E-state index in [0.29, 0.717) is 0 Å². The summed E-state index contributed by atoms with van der Waals surface area (Å²) >= 11 is 0. The van der Waals surface area contributed by atoms with Crippen molar-refractivity contribution in [3.8, 4) is 33.9 Å². The van der Waals surface area contributed by atoms with Gasteiger partial charge in [0.2, 0.25) is 0 Å². The molecule has 1 aromatic heterocycles. The fraction of sp³-hybridized carbons (Fsp3) is 0.227. The Morgan fingerprint density at radius 2 is 1.26 bits per heavy atom. The lowest BCUT2D eigenvalue weighted by Gasteiger charge is -2.14. The molecular weight excluding hydrogens is 360 g/mol. The second kappa shape index (κ2) is 9.40. The first-order valence-electron chi connectivity index (χ1n) is 8.54. The summed E-state index contributed by atoms with van der Waals surface area (Å²) in [6.07, 6.45) is 0. The van der Waals surface area contributed by atoms with Crippen molar-refractivity contribution in [2.45, 2.75) is 6.54 Å². The monoisotopic (exact) mass is 384 g/mol. The number of halogens is 1. The molecule has 142 valence electrons. The van der Waals surface area contributed by atoms with Crippen LogP contribution in [0.15, 0.2) is 60.7 Å². The van der Waals surface area contributed by atoms with Gasteiger partial charge in [0.05, 0.1) is 25.6 Å².